The van der Waals surface area contributed by atoms with E-state index >= 15 is 0 Å². The van der Waals surface area contributed by atoms with Gasteiger partial charge in [0.1, 0.15) is 5.69 Å². The molecule has 0 saturated carbocycles. The number of aryl methyl sites for hydroxylation is 2. The van der Waals surface area contributed by atoms with E-state index in [2.05, 4.69) is 30.2 Å². The van der Waals surface area contributed by atoms with Gasteiger partial charge in [0.15, 0.2) is 0 Å². The summed E-state index contributed by atoms with van der Waals surface area (Å²) in [5.41, 5.74) is 4.14. The van der Waals surface area contributed by atoms with Crippen molar-refractivity contribution in [3.63, 3.8) is 0 Å². The number of benzene rings is 1. The number of amides is 1. The first-order valence-electron chi connectivity index (χ1n) is 8.64. The Morgan fingerprint density at radius 2 is 2.22 bits per heavy atom. The van der Waals surface area contributed by atoms with Crippen molar-refractivity contribution in [3.8, 4) is 0 Å². The van der Waals surface area contributed by atoms with Gasteiger partial charge in [-0.05, 0) is 69.2 Å². The van der Waals surface area contributed by atoms with Crippen molar-refractivity contribution in [2.45, 2.75) is 52.1 Å². The summed E-state index contributed by atoms with van der Waals surface area (Å²) in [6.07, 6.45) is 6.01. The SMILES string of the molecule is Cc1ccc2[nH]c(C(=O)NCCCC3CCCCO3)cc2c1C. The largest absolute Gasteiger partial charge is 0.378 e. The Hall–Kier alpha value is -1.81. The molecule has 4 nitrogen and oxygen atoms in total. The molecular weight excluding hydrogens is 288 g/mol. The lowest BCUT2D eigenvalue weighted by atomic mass is 10.0. The summed E-state index contributed by atoms with van der Waals surface area (Å²) < 4.78 is 5.72. The van der Waals surface area contributed by atoms with Gasteiger partial charge in [0.25, 0.3) is 5.91 Å². The standard InChI is InChI=1S/C19H26N2O2/c1-13-8-9-17-16(14(13)2)12-18(21-17)19(22)20-10-5-7-15-6-3-4-11-23-15/h8-9,12,15,21H,3-7,10-11H2,1-2H3,(H,20,22). The number of hydrogen-bond acceptors (Lipinski definition) is 2. The molecule has 0 bridgehead atoms. The molecule has 3 rings (SSSR count). The highest BCUT2D eigenvalue weighted by Gasteiger charge is 2.14. The van der Waals surface area contributed by atoms with Gasteiger partial charge in [-0.1, -0.05) is 6.07 Å². The number of H-pyrrole nitrogens is 1. The van der Waals surface area contributed by atoms with Gasteiger partial charge in [0, 0.05) is 24.1 Å². The number of aromatic amines is 1. The lowest BCUT2D eigenvalue weighted by Crippen LogP contribution is -2.26. The normalized spacial score (nSPS) is 18.3. The molecule has 4 heteroatoms. The topological polar surface area (TPSA) is 54.1 Å². The van der Waals surface area contributed by atoms with Crippen LogP contribution in [0.5, 0.6) is 0 Å². The number of carbonyl (C=O) groups excluding carboxylic acids is 1. The smallest absolute Gasteiger partial charge is 0.267 e. The molecule has 1 aliphatic rings. The second-order valence-electron chi connectivity index (χ2n) is 6.54. The van der Waals surface area contributed by atoms with Gasteiger partial charge in [0.05, 0.1) is 6.10 Å². The van der Waals surface area contributed by atoms with Crippen LogP contribution < -0.4 is 5.32 Å². The number of fused-ring (bicyclic) bond motifs is 1. The molecule has 2 aromatic rings. The van der Waals surface area contributed by atoms with Crippen LogP contribution in [0.3, 0.4) is 0 Å². The van der Waals surface area contributed by atoms with Gasteiger partial charge in [-0.15, -0.1) is 0 Å². The fourth-order valence-corrected chi connectivity index (χ4v) is 3.24. The van der Waals surface area contributed by atoms with E-state index in [0.717, 1.165) is 36.8 Å². The zero-order chi connectivity index (χ0) is 16.2. The highest BCUT2D eigenvalue weighted by atomic mass is 16.5. The summed E-state index contributed by atoms with van der Waals surface area (Å²) in [7, 11) is 0. The Bertz CT molecular complexity index is 684. The van der Waals surface area contributed by atoms with Crippen molar-refractivity contribution >= 4 is 16.8 Å². The molecule has 2 heterocycles. The Morgan fingerprint density at radius 3 is 3.00 bits per heavy atom. The maximum absolute atomic E-state index is 12.3. The van der Waals surface area contributed by atoms with Crippen LogP contribution in [0.2, 0.25) is 0 Å². The zero-order valence-corrected chi connectivity index (χ0v) is 14.1. The van der Waals surface area contributed by atoms with Crippen molar-refractivity contribution < 1.29 is 9.53 Å². The number of nitrogens with one attached hydrogen (secondary N) is 2. The number of ether oxygens (including phenoxy) is 1. The van der Waals surface area contributed by atoms with Gasteiger partial charge in [-0.3, -0.25) is 4.79 Å². The maximum atomic E-state index is 12.3. The van der Waals surface area contributed by atoms with Gasteiger partial charge in [-0.25, -0.2) is 0 Å². The van der Waals surface area contributed by atoms with Crippen LogP contribution >= 0.6 is 0 Å². The van der Waals surface area contributed by atoms with Crippen molar-refractivity contribution in [2.75, 3.05) is 13.2 Å². The second kappa shape index (κ2) is 7.18. The lowest BCUT2D eigenvalue weighted by Gasteiger charge is -2.22. The van der Waals surface area contributed by atoms with Gasteiger partial charge < -0.3 is 15.0 Å². The van der Waals surface area contributed by atoms with E-state index < -0.39 is 0 Å². The van der Waals surface area contributed by atoms with E-state index in [-0.39, 0.29) is 5.91 Å². The molecule has 1 aromatic heterocycles. The molecule has 0 radical (unpaired) electrons. The number of aromatic nitrogens is 1. The Morgan fingerprint density at radius 1 is 1.35 bits per heavy atom. The van der Waals surface area contributed by atoms with E-state index in [1.807, 2.05) is 12.1 Å². The van der Waals surface area contributed by atoms with Gasteiger partial charge in [0.2, 0.25) is 0 Å². The minimum atomic E-state index is -0.0252. The first-order chi connectivity index (χ1) is 11.1. The summed E-state index contributed by atoms with van der Waals surface area (Å²) in [5.74, 6) is -0.0252. The fraction of sp³-hybridized carbons (Fsp3) is 0.526. The Labute approximate surface area is 137 Å². The first kappa shape index (κ1) is 16.1. The van der Waals surface area contributed by atoms with E-state index in [1.54, 1.807) is 0 Å². The average molecular weight is 314 g/mol. The summed E-state index contributed by atoms with van der Waals surface area (Å²) in [5, 5.41) is 4.14. The predicted octanol–water partition coefficient (Wildman–Crippen LogP) is 3.86. The molecule has 1 atom stereocenters. The van der Waals surface area contributed by atoms with Crippen LogP contribution in [0, 0.1) is 13.8 Å². The van der Waals surface area contributed by atoms with Crippen LogP contribution in [0.4, 0.5) is 0 Å². The molecule has 1 amide bonds. The summed E-state index contributed by atoms with van der Waals surface area (Å²) >= 11 is 0. The number of rotatable bonds is 5. The molecule has 23 heavy (non-hydrogen) atoms. The molecule has 0 aliphatic carbocycles. The second-order valence-corrected chi connectivity index (χ2v) is 6.54. The van der Waals surface area contributed by atoms with Crippen molar-refractivity contribution in [2.24, 2.45) is 0 Å². The predicted molar refractivity (Wildman–Crippen MR) is 92.9 cm³/mol. The van der Waals surface area contributed by atoms with E-state index in [1.165, 1.54) is 24.0 Å². The Balaban J connectivity index is 1.53. The van der Waals surface area contributed by atoms with Gasteiger partial charge in [-0.2, -0.15) is 0 Å². The van der Waals surface area contributed by atoms with Crippen molar-refractivity contribution in [1.29, 1.82) is 0 Å². The monoisotopic (exact) mass is 314 g/mol. The maximum Gasteiger partial charge on any atom is 0.267 e. The third-order valence-corrected chi connectivity index (χ3v) is 4.85. The molecule has 1 saturated heterocycles. The first-order valence-corrected chi connectivity index (χ1v) is 8.64. The van der Waals surface area contributed by atoms with Crippen LogP contribution in [0.25, 0.3) is 10.9 Å². The summed E-state index contributed by atoms with van der Waals surface area (Å²) in [6, 6.07) is 6.08. The summed E-state index contributed by atoms with van der Waals surface area (Å²) in [6.45, 7) is 5.78. The lowest BCUT2D eigenvalue weighted by molar-refractivity contribution is 0.0102. The minimum absolute atomic E-state index is 0.0252. The quantitative estimate of drug-likeness (QED) is 0.823. The van der Waals surface area contributed by atoms with Crippen LogP contribution in [0.1, 0.15) is 53.7 Å². The van der Waals surface area contributed by atoms with Crippen LogP contribution in [-0.2, 0) is 4.74 Å². The Kier molecular flexibility index (Phi) is 5.01. The zero-order valence-electron chi connectivity index (χ0n) is 14.1. The molecule has 1 unspecified atom stereocenters. The third-order valence-electron chi connectivity index (χ3n) is 4.85. The molecule has 124 valence electrons. The van der Waals surface area contributed by atoms with Crippen LogP contribution in [0.15, 0.2) is 18.2 Å². The van der Waals surface area contributed by atoms with Crippen LogP contribution in [-0.4, -0.2) is 30.1 Å². The highest BCUT2D eigenvalue weighted by Crippen LogP contribution is 2.22. The minimum Gasteiger partial charge on any atom is -0.378 e. The number of carbonyl (C=O) groups is 1. The molecule has 1 fully saturated rings. The number of hydrogen-bond donors (Lipinski definition) is 2. The molecular formula is C19H26N2O2. The highest BCUT2D eigenvalue weighted by molar-refractivity contribution is 5.99. The molecule has 0 spiro atoms. The molecule has 1 aromatic carbocycles. The van der Waals surface area contributed by atoms with Crippen molar-refractivity contribution in [3.05, 3.63) is 35.0 Å². The molecule has 2 N–H and O–H groups in total. The van der Waals surface area contributed by atoms with Gasteiger partial charge >= 0.3 is 0 Å². The van der Waals surface area contributed by atoms with E-state index in [4.69, 9.17) is 4.74 Å². The average Bonchev–Trinajstić information content (AvgIpc) is 3.01. The molecule has 1 aliphatic heterocycles. The van der Waals surface area contributed by atoms with E-state index in [9.17, 15) is 4.79 Å². The fourth-order valence-electron chi connectivity index (χ4n) is 3.24. The van der Waals surface area contributed by atoms with E-state index in [0.29, 0.717) is 18.3 Å². The third kappa shape index (κ3) is 3.75. The summed E-state index contributed by atoms with van der Waals surface area (Å²) in [4.78, 5) is 15.5. The van der Waals surface area contributed by atoms with Crippen molar-refractivity contribution in [1.82, 2.24) is 10.3 Å².